The summed E-state index contributed by atoms with van der Waals surface area (Å²) >= 11 is 3.48. The van der Waals surface area contributed by atoms with Crippen LogP contribution in [0.2, 0.25) is 0 Å². The van der Waals surface area contributed by atoms with E-state index in [1.54, 1.807) is 19.2 Å². The third kappa shape index (κ3) is 13.3. The number of benzene rings is 2. The Balaban J connectivity index is 2.02. The molecule has 2 aromatic rings. The first kappa shape index (κ1) is 39.0. The summed E-state index contributed by atoms with van der Waals surface area (Å²) in [6, 6.07) is 9.63. The monoisotopic (exact) mass is 707 g/mol. The fourth-order valence-corrected chi connectivity index (χ4v) is 5.04. The molecule has 0 saturated carbocycles. The van der Waals surface area contributed by atoms with Crippen molar-refractivity contribution < 1.29 is 33.3 Å². The quantitative estimate of drug-likeness (QED) is 0.0619. The fraction of sp³-hybridized carbons (Fsp3) is 0.576. The molecular formula is C33H47BrFN5O6. The number of nitrogens with one attached hydrogen (secondary N) is 2. The van der Waals surface area contributed by atoms with Gasteiger partial charge in [0.1, 0.15) is 17.6 Å². The Kier molecular flexibility index (Phi) is 17.6. The number of carbonyl (C=O) groups is 2. The van der Waals surface area contributed by atoms with Crippen LogP contribution in [0.5, 0.6) is 5.75 Å². The molecule has 2 aromatic carbocycles. The first-order valence-electron chi connectivity index (χ1n) is 15.5. The highest BCUT2D eigenvalue weighted by atomic mass is 79.9. The zero-order valence-corrected chi connectivity index (χ0v) is 28.8. The number of rotatable bonds is 21. The minimum Gasteiger partial charge on any atom is -0.492 e. The van der Waals surface area contributed by atoms with Gasteiger partial charge < -0.3 is 30.0 Å². The predicted octanol–water partition coefficient (Wildman–Crippen LogP) is 6.07. The van der Waals surface area contributed by atoms with Crippen molar-refractivity contribution >= 4 is 27.7 Å². The summed E-state index contributed by atoms with van der Waals surface area (Å²) in [6.45, 7) is 8.89. The molecule has 5 atom stereocenters. The summed E-state index contributed by atoms with van der Waals surface area (Å²) in [5, 5.41) is 20.6. The molecule has 0 radical (unpaired) electrons. The van der Waals surface area contributed by atoms with Crippen molar-refractivity contribution in [1.82, 2.24) is 10.6 Å². The number of hydrogen-bond donors (Lipinski definition) is 3. The van der Waals surface area contributed by atoms with Gasteiger partial charge in [-0.05, 0) is 75.1 Å². The largest absolute Gasteiger partial charge is 0.492 e. The number of hydrogen-bond acceptors (Lipinski definition) is 7. The second-order valence-corrected chi connectivity index (χ2v) is 12.5. The zero-order valence-electron chi connectivity index (χ0n) is 27.2. The maximum absolute atomic E-state index is 13.5. The van der Waals surface area contributed by atoms with Crippen LogP contribution in [0.1, 0.15) is 58.1 Å². The van der Waals surface area contributed by atoms with Gasteiger partial charge in [-0.1, -0.05) is 57.4 Å². The molecule has 0 bridgehead atoms. The van der Waals surface area contributed by atoms with Gasteiger partial charge in [0.05, 0.1) is 36.4 Å². The minimum absolute atomic E-state index is 0.00127. The summed E-state index contributed by atoms with van der Waals surface area (Å²) in [6.07, 6.45) is 0.208. The summed E-state index contributed by atoms with van der Waals surface area (Å²) in [5.74, 6) is -1.48. The average molecular weight is 709 g/mol. The fourth-order valence-electron chi connectivity index (χ4n) is 4.68. The van der Waals surface area contributed by atoms with E-state index in [9.17, 15) is 24.6 Å². The van der Waals surface area contributed by atoms with Crippen molar-refractivity contribution in [3.8, 4) is 5.75 Å². The van der Waals surface area contributed by atoms with Gasteiger partial charge >= 0.3 is 0 Å². The number of nitrogens with zero attached hydrogens (tertiary/aromatic N) is 3. The third-order valence-corrected chi connectivity index (χ3v) is 8.41. The van der Waals surface area contributed by atoms with E-state index < -0.39 is 24.1 Å². The zero-order chi connectivity index (χ0) is 34.1. The molecule has 0 spiro atoms. The van der Waals surface area contributed by atoms with E-state index in [1.165, 1.54) is 12.1 Å². The molecule has 5 unspecified atom stereocenters. The number of carbonyl (C=O) groups excluding carboxylic acids is 2. The molecule has 11 nitrogen and oxygen atoms in total. The van der Waals surface area contributed by atoms with E-state index in [0.717, 1.165) is 22.0 Å². The average Bonchev–Trinajstić information content (AvgIpc) is 3.04. The van der Waals surface area contributed by atoms with Gasteiger partial charge in [-0.25, -0.2) is 4.39 Å². The lowest BCUT2D eigenvalue weighted by Crippen LogP contribution is -2.52. The Morgan fingerprint density at radius 3 is 2.41 bits per heavy atom. The van der Waals surface area contributed by atoms with Crippen molar-refractivity contribution in [2.75, 3.05) is 26.9 Å². The predicted molar refractivity (Wildman–Crippen MR) is 177 cm³/mol. The lowest BCUT2D eigenvalue weighted by molar-refractivity contribution is -0.134. The first-order chi connectivity index (χ1) is 22.0. The Labute approximate surface area is 279 Å². The molecule has 0 fully saturated rings. The standard InChI is InChI=1S/C33H47BrFN5O6/c1-6-22(4)31(33(43)37-18-23-8-11-25(35)12-9-23)38-32(42)26(21(2)3)17-29(41)28(39-40-36)20-45-19-24-10-13-27(34)30(16-24)46-15-7-14-44-5/h8-13,16,21-22,26,28-29,31,41H,6-7,14-15,17-20H2,1-5H3,(H,37,43)(H,38,42). The van der Waals surface area contributed by atoms with E-state index in [1.807, 2.05) is 45.9 Å². The van der Waals surface area contributed by atoms with E-state index in [0.29, 0.717) is 25.4 Å². The topological polar surface area (TPSA) is 155 Å². The number of amides is 2. The van der Waals surface area contributed by atoms with Crippen LogP contribution in [0.25, 0.3) is 10.4 Å². The number of azide groups is 1. The number of methoxy groups -OCH3 is 1. The number of halogens is 2. The van der Waals surface area contributed by atoms with Gasteiger partial charge in [-0.2, -0.15) is 0 Å². The number of ether oxygens (including phenoxy) is 3. The molecule has 3 N–H and O–H groups in total. The third-order valence-electron chi connectivity index (χ3n) is 7.76. The molecule has 254 valence electrons. The van der Waals surface area contributed by atoms with Crippen LogP contribution in [-0.4, -0.2) is 62.0 Å². The van der Waals surface area contributed by atoms with Crippen LogP contribution in [-0.2, 0) is 32.2 Å². The molecular weight excluding hydrogens is 661 g/mol. The molecule has 46 heavy (non-hydrogen) atoms. The Hall–Kier alpha value is -3.22. The van der Waals surface area contributed by atoms with Gasteiger partial charge in [0.15, 0.2) is 0 Å². The highest BCUT2D eigenvalue weighted by molar-refractivity contribution is 9.10. The van der Waals surface area contributed by atoms with Crippen LogP contribution >= 0.6 is 15.9 Å². The molecule has 0 aromatic heterocycles. The van der Waals surface area contributed by atoms with Gasteiger partial charge in [0.2, 0.25) is 11.8 Å². The maximum atomic E-state index is 13.5. The normalized spacial score (nSPS) is 14.5. The van der Waals surface area contributed by atoms with Crippen molar-refractivity contribution in [3.63, 3.8) is 0 Å². The second-order valence-electron chi connectivity index (χ2n) is 11.6. The Morgan fingerprint density at radius 1 is 1.09 bits per heavy atom. The van der Waals surface area contributed by atoms with Gasteiger partial charge in [-0.3, -0.25) is 9.59 Å². The molecule has 2 rings (SSSR count). The number of aliphatic hydroxyl groups is 1. The highest BCUT2D eigenvalue weighted by Gasteiger charge is 2.33. The van der Waals surface area contributed by atoms with E-state index in [4.69, 9.17) is 14.2 Å². The Morgan fingerprint density at radius 2 is 1.78 bits per heavy atom. The highest BCUT2D eigenvalue weighted by Crippen LogP contribution is 2.27. The SMILES string of the molecule is CCC(C)C(NC(=O)C(CC(O)C(COCc1ccc(Br)c(OCCCOC)c1)N=[N+]=[N-])C(C)C)C(=O)NCc1ccc(F)cc1. The summed E-state index contributed by atoms with van der Waals surface area (Å²) < 4.78 is 30.7. The van der Waals surface area contributed by atoms with Crippen molar-refractivity contribution in [2.24, 2.45) is 22.9 Å². The molecule has 0 aliphatic heterocycles. The summed E-state index contributed by atoms with van der Waals surface area (Å²) in [7, 11) is 1.64. The van der Waals surface area contributed by atoms with Crippen LogP contribution in [0.3, 0.4) is 0 Å². The maximum Gasteiger partial charge on any atom is 0.243 e. The van der Waals surface area contributed by atoms with E-state index in [-0.39, 0.29) is 55.6 Å². The van der Waals surface area contributed by atoms with Crippen LogP contribution < -0.4 is 15.4 Å². The van der Waals surface area contributed by atoms with Crippen LogP contribution in [0.4, 0.5) is 4.39 Å². The van der Waals surface area contributed by atoms with Gasteiger partial charge in [0, 0.05) is 37.5 Å². The second kappa shape index (κ2) is 20.8. The molecule has 0 aliphatic rings. The smallest absolute Gasteiger partial charge is 0.243 e. The Bertz CT molecular complexity index is 1280. The number of aliphatic hydroxyl groups excluding tert-OH is 1. The van der Waals surface area contributed by atoms with Crippen molar-refractivity contribution in [1.29, 1.82) is 0 Å². The molecule has 13 heteroatoms. The van der Waals surface area contributed by atoms with Gasteiger partial charge in [-0.15, -0.1) is 0 Å². The summed E-state index contributed by atoms with van der Waals surface area (Å²) in [4.78, 5) is 29.5. The van der Waals surface area contributed by atoms with E-state index >= 15 is 0 Å². The molecule has 0 aliphatic carbocycles. The lowest BCUT2D eigenvalue weighted by atomic mass is 9.86. The summed E-state index contributed by atoms with van der Waals surface area (Å²) in [5.41, 5.74) is 10.7. The molecule has 0 heterocycles. The minimum atomic E-state index is -1.17. The van der Waals surface area contributed by atoms with Gasteiger partial charge in [0.25, 0.3) is 0 Å². The molecule has 2 amide bonds. The van der Waals surface area contributed by atoms with E-state index in [2.05, 4.69) is 36.6 Å². The lowest BCUT2D eigenvalue weighted by Gasteiger charge is -2.29. The van der Waals surface area contributed by atoms with Crippen LogP contribution in [0, 0.1) is 23.6 Å². The van der Waals surface area contributed by atoms with Crippen molar-refractivity contribution in [3.05, 3.63) is 74.3 Å². The first-order valence-corrected chi connectivity index (χ1v) is 16.3. The van der Waals surface area contributed by atoms with Crippen LogP contribution in [0.15, 0.2) is 52.1 Å². The molecule has 0 saturated heterocycles. The van der Waals surface area contributed by atoms with Crippen molar-refractivity contribution in [2.45, 2.75) is 78.3 Å².